The number of nitrogens with zero attached hydrogens (tertiary/aromatic N) is 1. The maximum atomic E-state index is 12.3. The first kappa shape index (κ1) is 21.7. The smallest absolute Gasteiger partial charge is 0.338 e. The lowest BCUT2D eigenvalue weighted by Gasteiger charge is -2.13. The number of nitrogen functional groups attached to an aromatic ring is 1. The Labute approximate surface area is 166 Å². The average molecular weight is 405 g/mol. The molecule has 0 aliphatic rings. The summed E-state index contributed by atoms with van der Waals surface area (Å²) in [5, 5.41) is 0. The Hall–Kier alpha value is -3.56. The SMILES string of the molecule is CCCOc1ccc(C(=O)OCC(=O)c2c(N)n(C)c(=O)[nH]c2=O)cc1OCC. The molecule has 0 aliphatic carbocycles. The molecule has 10 heteroatoms. The first-order chi connectivity index (χ1) is 13.8. The van der Waals surface area contributed by atoms with E-state index in [1.165, 1.54) is 19.2 Å². The minimum absolute atomic E-state index is 0.146. The molecular weight excluding hydrogens is 382 g/mol. The molecule has 3 N–H and O–H groups in total. The second-order valence-electron chi connectivity index (χ2n) is 6.02. The third-order valence-electron chi connectivity index (χ3n) is 3.92. The van der Waals surface area contributed by atoms with E-state index < -0.39 is 35.2 Å². The molecule has 0 saturated heterocycles. The molecule has 0 atom stereocenters. The van der Waals surface area contributed by atoms with Crippen LogP contribution in [0.3, 0.4) is 0 Å². The van der Waals surface area contributed by atoms with Gasteiger partial charge < -0.3 is 19.9 Å². The fourth-order valence-corrected chi connectivity index (χ4v) is 2.43. The van der Waals surface area contributed by atoms with E-state index in [2.05, 4.69) is 0 Å². The van der Waals surface area contributed by atoms with Crippen LogP contribution in [0.4, 0.5) is 5.82 Å². The van der Waals surface area contributed by atoms with E-state index in [1.807, 2.05) is 11.9 Å². The lowest BCUT2D eigenvalue weighted by molar-refractivity contribution is 0.0474. The van der Waals surface area contributed by atoms with Gasteiger partial charge in [0.25, 0.3) is 5.56 Å². The number of carbonyl (C=O) groups excluding carboxylic acids is 2. The van der Waals surface area contributed by atoms with Gasteiger partial charge in [0.1, 0.15) is 11.4 Å². The largest absolute Gasteiger partial charge is 0.490 e. The maximum Gasteiger partial charge on any atom is 0.338 e. The molecule has 0 radical (unpaired) electrons. The number of nitrogens with two attached hydrogens (primary N) is 1. The topological polar surface area (TPSA) is 143 Å². The zero-order chi connectivity index (χ0) is 21.6. The van der Waals surface area contributed by atoms with E-state index in [4.69, 9.17) is 19.9 Å². The van der Waals surface area contributed by atoms with Crippen LogP contribution in [-0.4, -0.2) is 41.1 Å². The van der Waals surface area contributed by atoms with Gasteiger partial charge >= 0.3 is 11.7 Å². The number of nitrogens with one attached hydrogen (secondary N) is 1. The van der Waals surface area contributed by atoms with Gasteiger partial charge in [0, 0.05) is 7.05 Å². The van der Waals surface area contributed by atoms with Crippen molar-refractivity contribution in [1.82, 2.24) is 9.55 Å². The van der Waals surface area contributed by atoms with Crippen LogP contribution in [0, 0.1) is 0 Å². The Morgan fingerprint density at radius 2 is 1.86 bits per heavy atom. The number of H-pyrrole nitrogens is 1. The van der Waals surface area contributed by atoms with Gasteiger partial charge in [-0.1, -0.05) is 6.92 Å². The van der Waals surface area contributed by atoms with Gasteiger partial charge in [0.05, 0.1) is 18.8 Å². The van der Waals surface area contributed by atoms with Gasteiger partial charge in [-0.2, -0.15) is 0 Å². The molecule has 29 heavy (non-hydrogen) atoms. The van der Waals surface area contributed by atoms with E-state index in [0.29, 0.717) is 24.7 Å². The summed E-state index contributed by atoms with van der Waals surface area (Å²) in [7, 11) is 1.30. The van der Waals surface area contributed by atoms with Crippen molar-refractivity contribution in [2.75, 3.05) is 25.6 Å². The lowest BCUT2D eigenvalue weighted by atomic mass is 10.2. The second-order valence-corrected chi connectivity index (χ2v) is 6.02. The molecule has 10 nitrogen and oxygen atoms in total. The van der Waals surface area contributed by atoms with E-state index in [0.717, 1.165) is 11.0 Å². The zero-order valence-electron chi connectivity index (χ0n) is 16.4. The summed E-state index contributed by atoms with van der Waals surface area (Å²) in [5.41, 5.74) is 3.67. The average Bonchev–Trinajstić information content (AvgIpc) is 2.69. The number of rotatable bonds is 9. The fraction of sp³-hybridized carbons (Fsp3) is 0.368. The molecule has 0 amide bonds. The van der Waals surface area contributed by atoms with Gasteiger partial charge in [-0.3, -0.25) is 19.1 Å². The highest BCUT2D eigenvalue weighted by Gasteiger charge is 2.20. The highest BCUT2D eigenvalue weighted by Crippen LogP contribution is 2.29. The van der Waals surface area contributed by atoms with Crippen molar-refractivity contribution in [3.8, 4) is 11.5 Å². The summed E-state index contributed by atoms with van der Waals surface area (Å²) < 4.78 is 17.0. The zero-order valence-corrected chi connectivity index (χ0v) is 16.4. The Balaban J connectivity index is 2.16. The number of anilines is 1. The lowest BCUT2D eigenvalue weighted by Crippen LogP contribution is -2.35. The minimum Gasteiger partial charge on any atom is -0.490 e. The molecule has 2 aromatic rings. The van der Waals surface area contributed by atoms with Crippen LogP contribution in [0.1, 0.15) is 41.0 Å². The number of ether oxygens (including phenoxy) is 3. The molecule has 0 spiro atoms. The summed E-state index contributed by atoms with van der Waals surface area (Å²) in [5.74, 6) is -1.07. The summed E-state index contributed by atoms with van der Waals surface area (Å²) >= 11 is 0. The molecule has 156 valence electrons. The van der Waals surface area contributed by atoms with Crippen molar-refractivity contribution in [3.63, 3.8) is 0 Å². The van der Waals surface area contributed by atoms with Gasteiger partial charge in [0.15, 0.2) is 18.1 Å². The number of hydrogen-bond donors (Lipinski definition) is 2. The molecule has 1 aromatic heterocycles. The van der Waals surface area contributed by atoms with E-state index >= 15 is 0 Å². The minimum atomic E-state index is -0.942. The Morgan fingerprint density at radius 1 is 1.14 bits per heavy atom. The molecular formula is C19H23N3O7. The van der Waals surface area contributed by atoms with Crippen LogP contribution in [0.2, 0.25) is 0 Å². The molecule has 0 unspecified atom stereocenters. The third-order valence-corrected chi connectivity index (χ3v) is 3.92. The Bertz CT molecular complexity index is 1020. The van der Waals surface area contributed by atoms with Crippen LogP contribution in [-0.2, 0) is 11.8 Å². The first-order valence-electron chi connectivity index (χ1n) is 8.98. The van der Waals surface area contributed by atoms with Crippen LogP contribution in [0.15, 0.2) is 27.8 Å². The number of ketones is 1. The van der Waals surface area contributed by atoms with E-state index in [9.17, 15) is 19.2 Å². The van der Waals surface area contributed by atoms with Crippen LogP contribution >= 0.6 is 0 Å². The third kappa shape index (κ3) is 5.03. The summed E-state index contributed by atoms with van der Waals surface area (Å²) in [6.07, 6.45) is 0.810. The highest BCUT2D eigenvalue weighted by atomic mass is 16.5. The first-order valence-corrected chi connectivity index (χ1v) is 8.98. The molecule has 1 aromatic carbocycles. The summed E-state index contributed by atoms with van der Waals surface area (Å²) in [6, 6.07) is 4.51. The fourth-order valence-electron chi connectivity index (χ4n) is 2.43. The van der Waals surface area contributed by atoms with Crippen LogP contribution in [0.25, 0.3) is 0 Å². The van der Waals surface area contributed by atoms with Gasteiger partial charge in [-0.05, 0) is 31.5 Å². The number of hydrogen-bond acceptors (Lipinski definition) is 8. The van der Waals surface area contributed by atoms with Crippen molar-refractivity contribution in [1.29, 1.82) is 0 Å². The molecule has 2 rings (SSSR count). The van der Waals surface area contributed by atoms with Crippen molar-refractivity contribution >= 4 is 17.6 Å². The van der Waals surface area contributed by atoms with Crippen molar-refractivity contribution in [2.45, 2.75) is 20.3 Å². The molecule has 0 fully saturated rings. The number of esters is 1. The van der Waals surface area contributed by atoms with Crippen LogP contribution in [0.5, 0.6) is 11.5 Å². The van der Waals surface area contributed by atoms with E-state index in [1.54, 1.807) is 13.0 Å². The van der Waals surface area contributed by atoms with Crippen molar-refractivity contribution < 1.29 is 23.8 Å². The Kier molecular flexibility index (Phi) is 7.18. The van der Waals surface area contributed by atoms with Crippen molar-refractivity contribution in [3.05, 3.63) is 50.2 Å². The monoisotopic (exact) mass is 405 g/mol. The number of aromatic amines is 1. The van der Waals surface area contributed by atoms with E-state index in [-0.39, 0.29) is 11.4 Å². The van der Waals surface area contributed by atoms with Gasteiger partial charge in [-0.15, -0.1) is 0 Å². The molecule has 0 bridgehead atoms. The maximum absolute atomic E-state index is 12.3. The number of Topliss-reactive ketones (excluding diaryl/α,β-unsaturated/α-hetero) is 1. The number of benzene rings is 1. The summed E-state index contributed by atoms with van der Waals surface area (Å²) in [6.45, 7) is 3.90. The second kappa shape index (κ2) is 9.58. The summed E-state index contributed by atoms with van der Waals surface area (Å²) in [4.78, 5) is 49.9. The van der Waals surface area contributed by atoms with Crippen LogP contribution < -0.4 is 26.5 Å². The quantitative estimate of drug-likeness (QED) is 0.462. The number of carbonyl (C=O) groups is 2. The molecule has 0 aliphatic heterocycles. The molecule has 1 heterocycles. The van der Waals surface area contributed by atoms with Gasteiger partial charge in [0.2, 0.25) is 5.78 Å². The normalized spacial score (nSPS) is 10.4. The highest BCUT2D eigenvalue weighted by molar-refractivity contribution is 6.02. The standard InChI is InChI=1S/C19H23N3O7/c1-4-8-28-13-7-6-11(9-14(13)27-5-2)18(25)29-10-12(23)15-16(20)22(3)19(26)21-17(15)24/h6-7,9H,4-5,8,10,20H2,1-3H3,(H,21,24,26). The predicted molar refractivity (Wildman–Crippen MR) is 105 cm³/mol. The Morgan fingerprint density at radius 3 is 2.52 bits per heavy atom. The molecule has 0 saturated carbocycles. The number of aromatic nitrogens is 2. The predicted octanol–water partition coefficient (Wildman–Crippen LogP) is 0.883. The van der Waals surface area contributed by atoms with Crippen molar-refractivity contribution in [2.24, 2.45) is 7.05 Å². The van der Waals surface area contributed by atoms with Gasteiger partial charge in [-0.25, -0.2) is 9.59 Å².